The zero-order valence-corrected chi connectivity index (χ0v) is 18.6. The molecule has 1 aromatic carbocycles. The van der Waals surface area contributed by atoms with Crippen LogP contribution in [0.1, 0.15) is 16.6 Å². The topological polar surface area (TPSA) is 57.7 Å². The zero-order chi connectivity index (χ0) is 20.2. The molecule has 0 unspecified atom stereocenters. The van der Waals surface area contributed by atoms with E-state index in [0.717, 1.165) is 53.8 Å². The number of anilines is 1. The number of thiazole rings is 1. The Morgan fingerprint density at radius 1 is 1.21 bits per heavy atom. The molecule has 0 aliphatic carbocycles. The number of nitrogens with one attached hydrogen (secondary N) is 1. The second kappa shape index (κ2) is 9.30. The highest BCUT2D eigenvalue weighted by atomic mass is 35.5. The first-order chi connectivity index (χ1) is 14.1. The molecule has 4 rings (SSSR count). The van der Waals surface area contributed by atoms with Gasteiger partial charge in [0, 0.05) is 39.3 Å². The number of ether oxygens (including phenoxy) is 1. The molecule has 1 N–H and O–H groups in total. The predicted molar refractivity (Wildman–Crippen MR) is 121 cm³/mol. The number of aromatic nitrogens is 1. The summed E-state index contributed by atoms with van der Waals surface area (Å²) in [5.41, 5.74) is 0.952. The standard InChI is InChI=1S/C20H23ClN4O2S2/c1-2-27-14-4-3-5-15-18(14)23-20(29-15)25-12-10-24(11-13-25)9-8-22-19(26)16-6-7-17(21)28-16/h3-7H,2,8-13H2,1H3,(H,22,26). The number of piperazine rings is 1. The van der Waals surface area contributed by atoms with Crippen molar-refractivity contribution >= 4 is 55.5 Å². The molecule has 1 amide bonds. The highest BCUT2D eigenvalue weighted by Crippen LogP contribution is 2.34. The van der Waals surface area contributed by atoms with E-state index in [1.165, 1.54) is 11.3 Å². The van der Waals surface area contributed by atoms with Gasteiger partial charge in [0.25, 0.3) is 5.91 Å². The SMILES string of the molecule is CCOc1cccc2sc(N3CCN(CCNC(=O)c4ccc(Cl)s4)CC3)nc12. The maximum absolute atomic E-state index is 12.1. The summed E-state index contributed by atoms with van der Waals surface area (Å²) in [6.07, 6.45) is 0. The number of fused-ring (bicyclic) bond motifs is 1. The van der Waals surface area contributed by atoms with E-state index in [-0.39, 0.29) is 5.91 Å². The van der Waals surface area contributed by atoms with Gasteiger partial charge in [0.05, 0.1) is 20.5 Å². The monoisotopic (exact) mass is 450 g/mol. The summed E-state index contributed by atoms with van der Waals surface area (Å²) in [7, 11) is 0. The van der Waals surface area contributed by atoms with Crippen LogP contribution in [0.25, 0.3) is 10.2 Å². The van der Waals surface area contributed by atoms with Crippen LogP contribution in [0.2, 0.25) is 4.34 Å². The first-order valence-electron chi connectivity index (χ1n) is 9.67. The molecule has 0 bridgehead atoms. The predicted octanol–water partition coefficient (Wildman–Crippen LogP) is 3.96. The summed E-state index contributed by atoms with van der Waals surface area (Å²) in [6.45, 7) is 7.87. The number of hydrogen-bond donors (Lipinski definition) is 1. The minimum Gasteiger partial charge on any atom is -0.492 e. The summed E-state index contributed by atoms with van der Waals surface area (Å²) < 4.78 is 7.50. The highest BCUT2D eigenvalue weighted by molar-refractivity contribution is 7.22. The Kier molecular flexibility index (Phi) is 6.54. The minimum absolute atomic E-state index is 0.0555. The van der Waals surface area contributed by atoms with Gasteiger partial charge in [0.1, 0.15) is 11.3 Å². The van der Waals surface area contributed by atoms with Crippen molar-refractivity contribution in [3.63, 3.8) is 0 Å². The lowest BCUT2D eigenvalue weighted by atomic mass is 10.3. The van der Waals surface area contributed by atoms with E-state index in [1.54, 1.807) is 23.5 Å². The third-order valence-electron chi connectivity index (χ3n) is 4.82. The summed E-state index contributed by atoms with van der Waals surface area (Å²) >= 11 is 8.91. The smallest absolute Gasteiger partial charge is 0.261 e. The lowest BCUT2D eigenvalue weighted by Crippen LogP contribution is -2.48. The number of thiophene rings is 1. The molecule has 1 aliphatic heterocycles. The molecule has 1 saturated heterocycles. The van der Waals surface area contributed by atoms with Gasteiger partial charge in [0.2, 0.25) is 0 Å². The number of benzene rings is 1. The van der Waals surface area contributed by atoms with E-state index in [4.69, 9.17) is 21.3 Å². The third kappa shape index (κ3) is 4.83. The Bertz CT molecular complexity index is 982. The number of carbonyl (C=O) groups is 1. The van der Waals surface area contributed by atoms with Gasteiger partial charge in [-0.3, -0.25) is 9.69 Å². The van der Waals surface area contributed by atoms with Crippen LogP contribution in [0.3, 0.4) is 0 Å². The molecule has 3 heterocycles. The van der Waals surface area contributed by atoms with Gasteiger partial charge in [-0.05, 0) is 31.2 Å². The van der Waals surface area contributed by atoms with E-state index < -0.39 is 0 Å². The van der Waals surface area contributed by atoms with Crippen molar-refractivity contribution in [3.05, 3.63) is 39.5 Å². The van der Waals surface area contributed by atoms with E-state index in [2.05, 4.69) is 21.2 Å². The Morgan fingerprint density at radius 2 is 2.03 bits per heavy atom. The molecule has 2 aromatic heterocycles. The maximum Gasteiger partial charge on any atom is 0.261 e. The molecular weight excluding hydrogens is 428 g/mol. The Hall–Kier alpha value is -1.87. The fourth-order valence-corrected chi connectivity index (χ4v) is 5.33. The first kappa shape index (κ1) is 20.4. The van der Waals surface area contributed by atoms with Crippen LogP contribution in [-0.2, 0) is 0 Å². The minimum atomic E-state index is -0.0555. The summed E-state index contributed by atoms with van der Waals surface area (Å²) in [6, 6.07) is 9.60. The summed E-state index contributed by atoms with van der Waals surface area (Å²) in [4.78, 5) is 22.3. The van der Waals surface area contributed by atoms with E-state index in [0.29, 0.717) is 22.4 Å². The Labute approximate surface area is 183 Å². The van der Waals surface area contributed by atoms with Crippen LogP contribution in [0.15, 0.2) is 30.3 Å². The number of hydrogen-bond acceptors (Lipinski definition) is 7. The quantitative estimate of drug-likeness (QED) is 0.590. The van der Waals surface area contributed by atoms with Gasteiger partial charge in [-0.1, -0.05) is 29.0 Å². The van der Waals surface area contributed by atoms with Crippen molar-refractivity contribution < 1.29 is 9.53 Å². The van der Waals surface area contributed by atoms with E-state index >= 15 is 0 Å². The average Bonchev–Trinajstić information content (AvgIpc) is 3.36. The number of amides is 1. The van der Waals surface area contributed by atoms with Crippen LogP contribution in [-0.4, -0.2) is 61.7 Å². The highest BCUT2D eigenvalue weighted by Gasteiger charge is 2.20. The fraction of sp³-hybridized carbons (Fsp3) is 0.400. The Morgan fingerprint density at radius 3 is 2.76 bits per heavy atom. The van der Waals surface area contributed by atoms with Crippen LogP contribution in [0.4, 0.5) is 5.13 Å². The van der Waals surface area contributed by atoms with Crippen molar-refractivity contribution in [2.75, 3.05) is 50.8 Å². The molecule has 154 valence electrons. The molecular formula is C20H23ClN4O2S2. The third-order valence-corrected chi connectivity index (χ3v) is 7.14. The molecule has 1 aliphatic rings. The molecule has 6 nitrogen and oxygen atoms in total. The Balaban J connectivity index is 1.28. The van der Waals surface area contributed by atoms with Gasteiger partial charge < -0.3 is 15.0 Å². The van der Waals surface area contributed by atoms with Crippen molar-refractivity contribution in [2.45, 2.75) is 6.92 Å². The van der Waals surface area contributed by atoms with Crippen LogP contribution >= 0.6 is 34.3 Å². The van der Waals surface area contributed by atoms with Crippen molar-refractivity contribution in [2.24, 2.45) is 0 Å². The second-order valence-corrected chi connectivity index (χ2v) is 9.44. The first-order valence-corrected chi connectivity index (χ1v) is 11.7. The van der Waals surface area contributed by atoms with E-state index in [1.807, 2.05) is 19.1 Å². The summed E-state index contributed by atoms with van der Waals surface area (Å²) in [5.74, 6) is 0.800. The van der Waals surface area contributed by atoms with Crippen LogP contribution in [0.5, 0.6) is 5.75 Å². The number of halogens is 1. The molecule has 29 heavy (non-hydrogen) atoms. The number of carbonyl (C=O) groups excluding carboxylic acids is 1. The van der Waals surface area contributed by atoms with Crippen molar-refractivity contribution in [3.8, 4) is 5.75 Å². The normalized spacial score (nSPS) is 15.0. The van der Waals surface area contributed by atoms with Crippen LogP contribution < -0.4 is 15.0 Å². The number of rotatable bonds is 7. The van der Waals surface area contributed by atoms with Gasteiger partial charge in [-0.25, -0.2) is 4.98 Å². The van der Waals surface area contributed by atoms with Crippen molar-refractivity contribution in [1.82, 2.24) is 15.2 Å². The zero-order valence-electron chi connectivity index (χ0n) is 16.2. The van der Waals surface area contributed by atoms with Crippen molar-refractivity contribution in [1.29, 1.82) is 0 Å². The number of nitrogens with zero attached hydrogens (tertiary/aromatic N) is 3. The van der Waals surface area contributed by atoms with Gasteiger partial charge in [-0.2, -0.15) is 0 Å². The van der Waals surface area contributed by atoms with Crippen LogP contribution in [0, 0.1) is 0 Å². The molecule has 1 fully saturated rings. The molecule has 0 radical (unpaired) electrons. The van der Waals surface area contributed by atoms with Gasteiger partial charge >= 0.3 is 0 Å². The summed E-state index contributed by atoms with van der Waals surface area (Å²) in [5, 5.41) is 4.02. The number of para-hydroxylation sites is 1. The maximum atomic E-state index is 12.1. The molecule has 0 atom stereocenters. The molecule has 3 aromatic rings. The largest absolute Gasteiger partial charge is 0.492 e. The van der Waals surface area contributed by atoms with E-state index in [9.17, 15) is 4.79 Å². The molecule has 0 spiro atoms. The average molecular weight is 451 g/mol. The second-order valence-electron chi connectivity index (χ2n) is 6.72. The lowest BCUT2D eigenvalue weighted by Gasteiger charge is -2.34. The lowest BCUT2D eigenvalue weighted by molar-refractivity contribution is 0.0952. The molecule has 0 saturated carbocycles. The molecule has 9 heteroatoms. The fourth-order valence-electron chi connectivity index (χ4n) is 3.33. The van der Waals surface area contributed by atoms with Gasteiger partial charge in [0.15, 0.2) is 5.13 Å². The van der Waals surface area contributed by atoms with Gasteiger partial charge in [-0.15, -0.1) is 11.3 Å².